The first-order valence-electron chi connectivity index (χ1n) is 2.30. The van der Waals surface area contributed by atoms with Crippen LogP contribution in [0.4, 0.5) is 13.2 Å². The van der Waals surface area contributed by atoms with Crippen LogP contribution in [0.3, 0.4) is 0 Å². The molecule has 0 atom stereocenters. The molecule has 0 unspecified atom stereocenters. The maximum absolute atomic E-state index is 11.9. The fourth-order valence-corrected chi connectivity index (χ4v) is 0.520. The van der Waals surface area contributed by atoms with Crippen LogP contribution in [0.15, 0.2) is 18.2 Å². The van der Waals surface area contributed by atoms with Crippen molar-refractivity contribution in [1.29, 1.82) is 0 Å². The van der Waals surface area contributed by atoms with Crippen LogP contribution in [-0.2, 0) is 0 Å². The predicted octanol–water partition coefficient (Wildman–Crippen LogP) is -0.780. The van der Waals surface area contributed by atoms with E-state index in [-0.39, 0.29) is 20.3 Å². The van der Waals surface area contributed by atoms with E-state index in [4.69, 9.17) is 0 Å². The minimum Gasteiger partial charge on any atom is -1.00 e. The molecule has 0 saturated carbocycles. The Bertz CT molecular complexity index is 179. The predicted molar refractivity (Wildman–Crippen MR) is 27.4 cm³/mol. The molecule has 0 aliphatic carbocycles. The van der Waals surface area contributed by atoms with Gasteiger partial charge in [-0.25, -0.2) is 13.2 Å². The minimum atomic E-state index is -0.896. The van der Waals surface area contributed by atoms with E-state index in [1.54, 1.807) is 0 Å². The van der Waals surface area contributed by atoms with Gasteiger partial charge in [0, 0.05) is 18.2 Å². The molecule has 1 aromatic rings. The van der Waals surface area contributed by atoms with Crippen molar-refractivity contribution in [3.63, 3.8) is 0 Å². The zero-order chi connectivity index (χ0) is 6.85. The maximum atomic E-state index is 11.9. The Morgan fingerprint density at radius 3 is 1.20 bits per heavy atom. The van der Waals surface area contributed by atoms with E-state index in [0.29, 0.717) is 18.2 Å². The molecular weight excluding hydrogens is 136 g/mol. The molecule has 1 rings (SSSR count). The Morgan fingerprint density at radius 1 is 0.800 bits per heavy atom. The molecule has 0 nitrogen and oxygen atoms in total. The van der Waals surface area contributed by atoms with Crippen molar-refractivity contribution in [3.8, 4) is 0 Å². The van der Waals surface area contributed by atoms with E-state index in [1.807, 2.05) is 0 Å². The first-order valence-corrected chi connectivity index (χ1v) is 2.30. The van der Waals surface area contributed by atoms with Gasteiger partial charge in [0.1, 0.15) is 17.5 Å². The van der Waals surface area contributed by atoms with Crippen LogP contribution in [-0.4, -0.2) is 0 Å². The Morgan fingerprint density at radius 2 is 1.00 bits per heavy atom. The first-order chi connectivity index (χ1) is 4.18. The average Bonchev–Trinajstić information content (AvgIpc) is 1.59. The summed E-state index contributed by atoms with van der Waals surface area (Å²) in [4.78, 5) is 0. The van der Waals surface area contributed by atoms with Gasteiger partial charge in [-0.05, 0) is 0 Å². The second-order valence-electron chi connectivity index (χ2n) is 1.59. The monoisotopic (exact) mass is 140 g/mol. The summed E-state index contributed by atoms with van der Waals surface area (Å²) in [6, 6.07) is 1.84. The molecule has 0 radical (unpaired) electrons. The van der Waals surface area contributed by atoms with Gasteiger partial charge in [-0.1, -0.05) is 0 Å². The van der Waals surface area contributed by atoms with E-state index in [0.717, 1.165) is 0 Å². The van der Waals surface area contributed by atoms with Crippen molar-refractivity contribution in [2.75, 3.05) is 0 Å². The van der Waals surface area contributed by atoms with Gasteiger partial charge >= 0.3 is 18.9 Å². The van der Waals surface area contributed by atoms with Gasteiger partial charge in [0.25, 0.3) is 0 Å². The van der Waals surface area contributed by atoms with Gasteiger partial charge in [-0.2, -0.15) is 0 Å². The van der Waals surface area contributed by atoms with E-state index < -0.39 is 17.5 Å². The molecule has 0 aromatic heterocycles. The van der Waals surface area contributed by atoms with E-state index in [2.05, 4.69) is 0 Å². The number of benzene rings is 1. The summed E-state index contributed by atoms with van der Waals surface area (Å²) in [7, 11) is 0. The molecule has 0 aliphatic heterocycles. The number of rotatable bonds is 0. The fraction of sp³-hybridized carbons (Fsp3) is 0. The molecule has 0 bridgehead atoms. The minimum absolute atomic E-state index is 0. The Balaban J connectivity index is 0. The van der Waals surface area contributed by atoms with Crippen LogP contribution < -0.4 is 18.9 Å². The van der Waals surface area contributed by atoms with Crippen molar-refractivity contribution >= 4 is 0 Å². The van der Waals surface area contributed by atoms with Gasteiger partial charge < -0.3 is 1.43 Å². The van der Waals surface area contributed by atoms with Crippen LogP contribution in [0.25, 0.3) is 0 Å². The van der Waals surface area contributed by atoms with Gasteiger partial charge in [-0.3, -0.25) is 0 Å². The fourth-order valence-electron chi connectivity index (χ4n) is 0.520. The van der Waals surface area contributed by atoms with Crippen molar-refractivity contribution in [1.82, 2.24) is 0 Å². The molecule has 50 valence electrons. The third-order valence-corrected chi connectivity index (χ3v) is 0.827. The zero-order valence-electron chi connectivity index (χ0n) is 6.37. The van der Waals surface area contributed by atoms with Crippen LogP contribution in [0.5, 0.6) is 0 Å². The SMILES string of the molecule is Fc1cc(F)cc(F)c1.[H-].[Li+]. The van der Waals surface area contributed by atoms with Crippen molar-refractivity contribution in [2.45, 2.75) is 0 Å². The molecule has 0 fully saturated rings. The van der Waals surface area contributed by atoms with Crippen LogP contribution >= 0.6 is 0 Å². The normalized spacial score (nSPS) is 8.70. The molecule has 0 amide bonds. The Hall–Kier alpha value is -0.393. The summed E-state index contributed by atoms with van der Waals surface area (Å²) in [6.45, 7) is 0. The van der Waals surface area contributed by atoms with Crippen molar-refractivity contribution in [2.24, 2.45) is 0 Å². The zero-order valence-corrected chi connectivity index (χ0v) is 5.37. The third kappa shape index (κ3) is 2.47. The molecule has 1 aromatic carbocycles. The number of hydrogen-bond donors (Lipinski definition) is 0. The Kier molecular flexibility index (Phi) is 3.55. The topological polar surface area (TPSA) is 0 Å². The quantitative estimate of drug-likeness (QED) is 0.415. The van der Waals surface area contributed by atoms with Crippen LogP contribution in [0.1, 0.15) is 1.43 Å². The molecule has 4 heteroatoms. The van der Waals surface area contributed by atoms with Gasteiger partial charge in [-0.15, -0.1) is 0 Å². The van der Waals surface area contributed by atoms with Gasteiger partial charge in [0.15, 0.2) is 0 Å². The molecule has 10 heavy (non-hydrogen) atoms. The third-order valence-electron chi connectivity index (χ3n) is 0.827. The second-order valence-corrected chi connectivity index (χ2v) is 1.59. The largest absolute Gasteiger partial charge is 1.00 e. The average molecular weight is 140 g/mol. The van der Waals surface area contributed by atoms with E-state index in [9.17, 15) is 13.2 Å². The van der Waals surface area contributed by atoms with E-state index >= 15 is 0 Å². The van der Waals surface area contributed by atoms with Crippen molar-refractivity contribution < 1.29 is 33.5 Å². The molecular formula is C6H4F3Li. The molecule has 0 N–H and O–H groups in total. The second kappa shape index (κ2) is 3.70. The standard InChI is InChI=1S/C6H3F3.Li.H/c7-4-1-5(8)3-6(9)2-4;;/h1-3H;;/q;+1;-1. The van der Waals surface area contributed by atoms with Gasteiger partial charge in [0.2, 0.25) is 0 Å². The molecule has 0 aliphatic rings. The molecule has 0 saturated heterocycles. The summed E-state index contributed by atoms with van der Waals surface area (Å²) in [5.41, 5.74) is 0. The first kappa shape index (κ1) is 9.61. The summed E-state index contributed by atoms with van der Waals surface area (Å²) in [5, 5.41) is 0. The van der Waals surface area contributed by atoms with Gasteiger partial charge in [0.05, 0.1) is 0 Å². The smallest absolute Gasteiger partial charge is 1.00 e. The number of hydrogen-bond acceptors (Lipinski definition) is 0. The van der Waals surface area contributed by atoms with E-state index in [1.165, 1.54) is 0 Å². The summed E-state index contributed by atoms with van der Waals surface area (Å²) in [6.07, 6.45) is 0. The van der Waals surface area contributed by atoms with Crippen LogP contribution in [0.2, 0.25) is 0 Å². The van der Waals surface area contributed by atoms with Crippen molar-refractivity contribution in [3.05, 3.63) is 35.7 Å². The summed E-state index contributed by atoms with van der Waals surface area (Å²) in [5.74, 6) is -2.69. The summed E-state index contributed by atoms with van der Waals surface area (Å²) >= 11 is 0. The number of halogens is 3. The van der Waals surface area contributed by atoms with Crippen LogP contribution in [0, 0.1) is 17.5 Å². The molecule has 0 spiro atoms. The molecule has 0 heterocycles. The Labute approximate surface area is 69.7 Å². The summed E-state index contributed by atoms with van der Waals surface area (Å²) < 4.78 is 35.8. The maximum Gasteiger partial charge on any atom is 1.00 e.